The van der Waals surface area contributed by atoms with E-state index in [0.717, 1.165) is 13.0 Å². The molecule has 0 unspecified atom stereocenters. The summed E-state index contributed by atoms with van der Waals surface area (Å²) >= 11 is 3.22. The summed E-state index contributed by atoms with van der Waals surface area (Å²) in [5, 5.41) is 0. The van der Waals surface area contributed by atoms with Crippen LogP contribution in [0.4, 0.5) is 5.69 Å². The molecule has 0 atom stereocenters. The van der Waals surface area contributed by atoms with Crippen LogP contribution in [0.5, 0.6) is 0 Å². The van der Waals surface area contributed by atoms with Crippen molar-refractivity contribution in [2.45, 2.75) is 45.6 Å². The average Bonchev–Trinajstić information content (AvgIpc) is 2.25. The number of hydrogen-bond acceptors (Lipinski definition) is 2. The van der Waals surface area contributed by atoms with Gasteiger partial charge >= 0.3 is 0 Å². The fraction of sp³-hybridized carbons (Fsp3) is 0.583. The topological polar surface area (TPSA) is 48.0 Å². The van der Waals surface area contributed by atoms with Crippen LogP contribution in [0.1, 0.15) is 39.0 Å². The zero-order valence-corrected chi connectivity index (χ0v) is 11.3. The summed E-state index contributed by atoms with van der Waals surface area (Å²) in [6, 6.07) is 0. The number of halogens is 1. The molecule has 1 aromatic rings. The van der Waals surface area contributed by atoms with E-state index >= 15 is 0 Å². The number of pyridine rings is 1. The number of aryl methyl sites for hydroxylation is 1. The lowest BCUT2D eigenvalue weighted by molar-refractivity contribution is 0.566. The molecule has 0 spiro atoms. The third-order valence-electron chi connectivity index (χ3n) is 2.58. The molecule has 90 valence electrons. The maximum Gasteiger partial charge on any atom is 0.218 e. The summed E-state index contributed by atoms with van der Waals surface area (Å²) in [4.78, 5) is 11.4. The average molecular weight is 287 g/mol. The van der Waals surface area contributed by atoms with Crippen LogP contribution in [0.25, 0.3) is 0 Å². The van der Waals surface area contributed by atoms with Crippen molar-refractivity contribution in [2.75, 3.05) is 5.73 Å². The van der Waals surface area contributed by atoms with Gasteiger partial charge in [0.2, 0.25) is 5.43 Å². The molecular weight excluding hydrogens is 268 g/mol. The normalized spacial score (nSPS) is 10.6. The van der Waals surface area contributed by atoms with Crippen LogP contribution in [0, 0.1) is 0 Å². The second-order valence-electron chi connectivity index (χ2n) is 4.04. The van der Waals surface area contributed by atoms with Gasteiger partial charge in [-0.25, -0.2) is 0 Å². The fourth-order valence-corrected chi connectivity index (χ4v) is 2.14. The SMILES string of the molecule is CCCCCCCn1cc(N)c(=O)c(Br)c1. The van der Waals surface area contributed by atoms with Crippen molar-refractivity contribution in [3.8, 4) is 0 Å². The van der Waals surface area contributed by atoms with E-state index in [1.165, 1.54) is 25.7 Å². The molecule has 1 rings (SSSR count). The van der Waals surface area contributed by atoms with Crippen LogP contribution in [0.15, 0.2) is 21.7 Å². The van der Waals surface area contributed by atoms with E-state index in [0.29, 0.717) is 10.2 Å². The van der Waals surface area contributed by atoms with Crippen molar-refractivity contribution in [3.63, 3.8) is 0 Å². The Morgan fingerprint density at radius 1 is 1.25 bits per heavy atom. The highest BCUT2D eigenvalue weighted by atomic mass is 79.9. The first-order chi connectivity index (χ1) is 7.65. The lowest BCUT2D eigenvalue weighted by Crippen LogP contribution is -2.13. The molecule has 0 aromatic carbocycles. The molecule has 0 saturated heterocycles. The Morgan fingerprint density at radius 3 is 2.56 bits per heavy atom. The van der Waals surface area contributed by atoms with Gasteiger partial charge in [-0.1, -0.05) is 32.6 Å². The van der Waals surface area contributed by atoms with Crippen LogP contribution >= 0.6 is 15.9 Å². The molecule has 0 aliphatic heterocycles. The summed E-state index contributed by atoms with van der Waals surface area (Å²) in [5.74, 6) is 0. The first kappa shape index (κ1) is 13.3. The third kappa shape index (κ3) is 4.00. The quantitative estimate of drug-likeness (QED) is 0.817. The van der Waals surface area contributed by atoms with Gasteiger partial charge in [-0.2, -0.15) is 0 Å². The van der Waals surface area contributed by atoms with Gasteiger partial charge in [0.15, 0.2) is 0 Å². The lowest BCUT2D eigenvalue weighted by atomic mass is 10.1. The fourth-order valence-electron chi connectivity index (χ4n) is 1.64. The standard InChI is InChI=1S/C12H19BrN2O/c1-2-3-4-5-6-7-15-8-10(13)12(16)11(14)9-15/h8-9H,2-7,14H2,1H3. The van der Waals surface area contributed by atoms with E-state index in [1.54, 1.807) is 12.4 Å². The molecule has 2 N–H and O–H groups in total. The molecule has 4 heteroatoms. The largest absolute Gasteiger partial charge is 0.394 e. The first-order valence-electron chi connectivity index (χ1n) is 5.80. The van der Waals surface area contributed by atoms with Crippen LogP contribution in [0.2, 0.25) is 0 Å². The second kappa shape index (κ2) is 6.74. The van der Waals surface area contributed by atoms with Crippen molar-refractivity contribution in [3.05, 3.63) is 27.1 Å². The molecule has 0 amide bonds. The van der Waals surface area contributed by atoms with Crippen LogP contribution in [-0.4, -0.2) is 4.57 Å². The number of rotatable bonds is 6. The summed E-state index contributed by atoms with van der Waals surface area (Å²) in [6.07, 6.45) is 9.73. The maximum atomic E-state index is 11.4. The minimum atomic E-state index is -0.123. The molecule has 16 heavy (non-hydrogen) atoms. The number of nitrogens with zero attached hydrogens (tertiary/aromatic N) is 1. The van der Waals surface area contributed by atoms with E-state index in [2.05, 4.69) is 22.9 Å². The van der Waals surface area contributed by atoms with Gasteiger partial charge in [0.05, 0.1) is 10.2 Å². The predicted octanol–water partition coefficient (Wildman–Crippen LogP) is 3.16. The van der Waals surface area contributed by atoms with Gasteiger partial charge < -0.3 is 10.3 Å². The highest BCUT2D eigenvalue weighted by Gasteiger charge is 2.01. The Kier molecular flexibility index (Phi) is 5.60. The highest BCUT2D eigenvalue weighted by molar-refractivity contribution is 9.10. The molecule has 0 aliphatic rings. The summed E-state index contributed by atoms with van der Waals surface area (Å²) < 4.78 is 2.52. The van der Waals surface area contributed by atoms with Crippen molar-refractivity contribution < 1.29 is 0 Å². The molecule has 0 saturated carbocycles. The Hall–Kier alpha value is -0.770. The van der Waals surface area contributed by atoms with E-state index in [4.69, 9.17) is 5.73 Å². The highest BCUT2D eigenvalue weighted by Crippen LogP contribution is 2.09. The van der Waals surface area contributed by atoms with E-state index in [1.807, 2.05) is 4.57 Å². The minimum absolute atomic E-state index is 0.123. The summed E-state index contributed by atoms with van der Waals surface area (Å²) in [7, 11) is 0. The number of anilines is 1. The number of hydrogen-bond donors (Lipinski definition) is 1. The Labute approximate surface area is 105 Å². The third-order valence-corrected chi connectivity index (χ3v) is 3.15. The first-order valence-corrected chi connectivity index (χ1v) is 6.59. The van der Waals surface area contributed by atoms with Gasteiger partial charge in [-0.3, -0.25) is 4.79 Å². The van der Waals surface area contributed by atoms with Crippen LogP contribution < -0.4 is 11.2 Å². The predicted molar refractivity (Wildman–Crippen MR) is 71.6 cm³/mol. The van der Waals surface area contributed by atoms with Gasteiger partial charge in [0.1, 0.15) is 0 Å². The van der Waals surface area contributed by atoms with Gasteiger partial charge in [-0.05, 0) is 22.4 Å². The molecular formula is C12H19BrN2O. The molecule has 0 aliphatic carbocycles. The molecule has 0 bridgehead atoms. The Bertz CT molecular complexity index is 361. The zero-order chi connectivity index (χ0) is 12.0. The molecule has 3 nitrogen and oxygen atoms in total. The number of aromatic nitrogens is 1. The molecule has 0 radical (unpaired) electrons. The number of unbranched alkanes of at least 4 members (excludes halogenated alkanes) is 4. The van der Waals surface area contributed by atoms with Crippen molar-refractivity contribution in [1.29, 1.82) is 0 Å². The minimum Gasteiger partial charge on any atom is -0.394 e. The van der Waals surface area contributed by atoms with Crippen molar-refractivity contribution >= 4 is 21.6 Å². The second-order valence-corrected chi connectivity index (χ2v) is 4.90. The van der Waals surface area contributed by atoms with Gasteiger partial charge in [0, 0.05) is 18.9 Å². The maximum absolute atomic E-state index is 11.4. The van der Waals surface area contributed by atoms with Crippen LogP contribution in [0.3, 0.4) is 0 Å². The smallest absolute Gasteiger partial charge is 0.218 e. The van der Waals surface area contributed by atoms with E-state index < -0.39 is 0 Å². The number of nitrogen functional groups attached to an aromatic ring is 1. The van der Waals surface area contributed by atoms with Crippen molar-refractivity contribution in [1.82, 2.24) is 4.57 Å². The molecule has 1 aromatic heterocycles. The lowest BCUT2D eigenvalue weighted by Gasteiger charge is -2.07. The number of nitrogens with two attached hydrogens (primary N) is 1. The van der Waals surface area contributed by atoms with Gasteiger partial charge in [0.25, 0.3) is 0 Å². The molecule has 1 heterocycles. The van der Waals surface area contributed by atoms with Crippen LogP contribution in [-0.2, 0) is 6.54 Å². The zero-order valence-electron chi connectivity index (χ0n) is 9.71. The summed E-state index contributed by atoms with van der Waals surface area (Å²) in [5.41, 5.74) is 5.80. The van der Waals surface area contributed by atoms with E-state index in [9.17, 15) is 4.79 Å². The Balaban J connectivity index is 2.46. The summed E-state index contributed by atoms with van der Waals surface area (Å²) in [6.45, 7) is 3.13. The van der Waals surface area contributed by atoms with Gasteiger partial charge in [-0.15, -0.1) is 0 Å². The van der Waals surface area contributed by atoms with E-state index in [-0.39, 0.29) is 5.43 Å². The van der Waals surface area contributed by atoms with Crippen molar-refractivity contribution in [2.24, 2.45) is 0 Å². The monoisotopic (exact) mass is 286 g/mol. The Morgan fingerprint density at radius 2 is 1.94 bits per heavy atom. The molecule has 0 fully saturated rings.